The molecule has 0 aliphatic rings. The van der Waals surface area contributed by atoms with Crippen LogP contribution in [0.4, 0.5) is 10.5 Å². The van der Waals surface area contributed by atoms with Crippen LogP contribution in [-0.4, -0.2) is 6.09 Å². The fraction of sp³-hybridized carbons (Fsp3) is 0. The summed E-state index contributed by atoms with van der Waals surface area (Å²) < 4.78 is 5.08. The summed E-state index contributed by atoms with van der Waals surface area (Å²) in [6, 6.07) is 15.9. The van der Waals surface area contributed by atoms with Crippen LogP contribution >= 0.6 is 12.6 Å². The number of para-hydroxylation sites is 2. The third-order valence-electron chi connectivity index (χ3n) is 2.08. The molecule has 2 aromatic rings. The van der Waals surface area contributed by atoms with E-state index in [0.717, 1.165) is 0 Å². The molecule has 2 rings (SSSR count). The van der Waals surface area contributed by atoms with Gasteiger partial charge in [-0.1, -0.05) is 43.0 Å². The van der Waals surface area contributed by atoms with Gasteiger partial charge in [-0.15, -0.1) is 0 Å². The Morgan fingerprint density at radius 1 is 1.00 bits per heavy atom. The fourth-order valence-electron chi connectivity index (χ4n) is 1.30. The lowest BCUT2D eigenvalue weighted by Gasteiger charge is -2.07. The average molecular weight is 244 g/mol. The number of carbonyl (C=O) groups excluding carboxylic acids is 1. The lowest BCUT2D eigenvalue weighted by molar-refractivity contribution is 0.215. The molecule has 1 amide bonds. The first-order valence-electron chi connectivity index (χ1n) is 5.05. The van der Waals surface area contributed by atoms with Gasteiger partial charge in [-0.25, -0.2) is 4.79 Å². The molecule has 0 heterocycles. The van der Waals surface area contributed by atoms with Crippen molar-refractivity contribution in [1.82, 2.24) is 0 Å². The SMILES string of the molecule is O=C(Nc1ccccc1[S])Oc1ccccc1. The molecule has 1 radical (unpaired) electrons. The molecule has 0 aliphatic heterocycles. The molecule has 0 saturated carbocycles. The molecule has 1 N–H and O–H groups in total. The van der Waals surface area contributed by atoms with Crippen molar-refractivity contribution in [2.75, 3.05) is 5.32 Å². The van der Waals surface area contributed by atoms with Crippen LogP contribution in [0, 0.1) is 0 Å². The second kappa shape index (κ2) is 5.32. The first-order chi connectivity index (χ1) is 8.25. The maximum absolute atomic E-state index is 11.6. The zero-order valence-electron chi connectivity index (χ0n) is 8.92. The van der Waals surface area contributed by atoms with Crippen LogP contribution in [0.25, 0.3) is 0 Å². The molecule has 0 saturated heterocycles. The van der Waals surface area contributed by atoms with Crippen LogP contribution in [0.2, 0.25) is 0 Å². The van der Waals surface area contributed by atoms with Gasteiger partial charge in [0.1, 0.15) is 5.75 Å². The standard InChI is InChI=1S/C13H10NO2S/c15-13(16-10-6-2-1-3-7-10)14-11-8-4-5-9-12(11)17/h1-9H,(H,14,15). The number of ether oxygens (including phenoxy) is 1. The van der Waals surface area contributed by atoms with E-state index >= 15 is 0 Å². The lowest BCUT2D eigenvalue weighted by atomic mass is 10.3. The zero-order chi connectivity index (χ0) is 12.1. The van der Waals surface area contributed by atoms with Gasteiger partial charge in [0.15, 0.2) is 0 Å². The summed E-state index contributed by atoms with van der Waals surface area (Å²) in [4.78, 5) is 12.1. The van der Waals surface area contributed by atoms with Crippen LogP contribution < -0.4 is 10.1 Å². The predicted molar refractivity (Wildman–Crippen MR) is 68.4 cm³/mol. The third kappa shape index (κ3) is 3.19. The van der Waals surface area contributed by atoms with Crippen molar-refractivity contribution >= 4 is 24.4 Å². The van der Waals surface area contributed by atoms with Gasteiger partial charge in [-0.05, 0) is 24.3 Å². The number of hydrogen-bond acceptors (Lipinski definition) is 2. The molecule has 4 heteroatoms. The van der Waals surface area contributed by atoms with Crippen molar-refractivity contribution in [3.05, 3.63) is 54.6 Å². The number of nitrogens with one attached hydrogen (secondary N) is 1. The van der Waals surface area contributed by atoms with E-state index in [1.807, 2.05) is 12.1 Å². The summed E-state index contributed by atoms with van der Waals surface area (Å²) in [5.41, 5.74) is 0.573. The molecule has 2 aromatic carbocycles. The summed E-state index contributed by atoms with van der Waals surface area (Å²) in [6.45, 7) is 0. The highest BCUT2D eigenvalue weighted by atomic mass is 32.1. The van der Waals surface area contributed by atoms with Crippen molar-refractivity contribution in [3.63, 3.8) is 0 Å². The normalized spacial score (nSPS) is 9.65. The van der Waals surface area contributed by atoms with Crippen molar-refractivity contribution in [1.29, 1.82) is 0 Å². The summed E-state index contributed by atoms with van der Waals surface area (Å²) >= 11 is 5.06. The summed E-state index contributed by atoms with van der Waals surface area (Å²) in [6.07, 6.45) is -0.548. The molecule has 0 fully saturated rings. The topological polar surface area (TPSA) is 38.3 Å². The van der Waals surface area contributed by atoms with E-state index in [0.29, 0.717) is 16.3 Å². The van der Waals surface area contributed by atoms with E-state index < -0.39 is 6.09 Å². The third-order valence-corrected chi connectivity index (χ3v) is 2.43. The van der Waals surface area contributed by atoms with E-state index in [1.54, 1.807) is 42.5 Å². The molecule has 0 atom stereocenters. The van der Waals surface area contributed by atoms with Crippen LogP contribution in [0.15, 0.2) is 59.5 Å². The second-order valence-corrected chi connectivity index (χ2v) is 3.76. The van der Waals surface area contributed by atoms with Gasteiger partial charge in [-0.3, -0.25) is 5.32 Å². The van der Waals surface area contributed by atoms with Crippen molar-refractivity contribution in [2.24, 2.45) is 0 Å². The van der Waals surface area contributed by atoms with E-state index in [2.05, 4.69) is 5.32 Å². The average Bonchev–Trinajstić information content (AvgIpc) is 2.33. The number of carbonyl (C=O) groups is 1. The van der Waals surface area contributed by atoms with E-state index in [1.165, 1.54) is 0 Å². The maximum Gasteiger partial charge on any atom is 0.417 e. The highest BCUT2D eigenvalue weighted by Gasteiger charge is 2.06. The largest absolute Gasteiger partial charge is 0.417 e. The Bertz CT molecular complexity index is 514. The Hall–Kier alpha value is -2.07. The molecule has 17 heavy (non-hydrogen) atoms. The van der Waals surface area contributed by atoms with E-state index in [4.69, 9.17) is 17.4 Å². The Morgan fingerprint density at radius 2 is 1.65 bits per heavy atom. The Balaban J connectivity index is 2.01. The molecule has 85 valence electrons. The number of amides is 1. The molecular formula is C13H10NO2S. The van der Waals surface area contributed by atoms with Crippen LogP contribution in [0.5, 0.6) is 5.75 Å². The molecule has 0 unspecified atom stereocenters. The maximum atomic E-state index is 11.6. The molecule has 0 aliphatic carbocycles. The van der Waals surface area contributed by atoms with Gasteiger partial charge in [-0.2, -0.15) is 0 Å². The summed E-state index contributed by atoms with van der Waals surface area (Å²) in [5.74, 6) is 0.492. The highest BCUT2D eigenvalue weighted by molar-refractivity contribution is 7.80. The van der Waals surface area contributed by atoms with Crippen molar-refractivity contribution in [2.45, 2.75) is 4.90 Å². The Kier molecular flexibility index (Phi) is 3.57. The van der Waals surface area contributed by atoms with Crippen molar-refractivity contribution < 1.29 is 9.53 Å². The molecular weight excluding hydrogens is 234 g/mol. The summed E-state index contributed by atoms with van der Waals surface area (Å²) in [7, 11) is 0. The van der Waals surface area contributed by atoms with Gasteiger partial charge in [0.2, 0.25) is 0 Å². The minimum Gasteiger partial charge on any atom is -0.410 e. The van der Waals surface area contributed by atoms with Gasteiger partial charge < -0.3 is 4.74 Å². The monoisotopic (exact) mass is 244 g/mol. The smallest absolute Gasteiger partial charge is 0.410 e. The minimum absolute atomic E-state index is 0.492. The molecule has 0 aromatic heterocycles. The zero-order valence-corrected chi connectivity index (χ0v) is 9.74. The number of rotatable bonds is 2. The predicted octanol–water partition coefficient (Wildman–Crippen LogP) is 3.85. The van der Waals surface area contributed by atoms with Gasteiger partial charge in [0.05, 0.1) is 10.6 Å². The van der Waals surface area contributed by atoms with Gasteiger partial charge in [0.25, 0.3) is 0 Å². The molecule has 0 bridgehead atoms. The first kappa shape index (κ1) is 11.4. The van der Waals surface area contributed by atoms with Crippen LogP contribution in [0.3, 0.4) is 0 Å². The van der Waals surface area contributed by atoms with Crippen LogP contribution in [0.1, 0.15) is 0 Å². The molecule has 3 nitrogen and oxygen atoms in total. The highest BCUT2D eigenvalue weighted by Crippen LogP contribution is 2.19. The number of benzene rings is 2. The lowest BCUT2D eigenvalue weighted by Crippen LogP contribution is -2.16. The van der Waals surface area contributed by atoms with Crippen molar-refractivity contribution in [3.8, 4) is 5.75 Å². The van der Waals surface area contributed by atoms with E-state index in [-0.39, 0.29) is 0 Å². The summed E-state index contributed by atoms with van der Waals surface area (Å²) in [5, 5.41) is 2.59. The number of anilines is 1. The number of hydrogen-bond donors (Lipinski definition) is 1. The quantitative estimate of drug-likeness (QED) is 0.871. The van der Waals surface area contributed by atoms with Crippen LogP contribution in [-0.2, 0) is 0 Å². The minimum atomic E-state index is -0.548. The van der Waals surface area contributed by atoms with Gasteiger partial charge >= 0.3 is 6.09 Å². The first-order valence-corrected chi connectivity index (χ1v) is 5.46. The Morgan fingerprint density at radius 3 is 2.35 bits per heavy atom. The fourth-order valence-corrected chi connectivity index (χ4v) is 1.50. The second-order valence-electron chi connectivity index (χ2n) is 3.32. The van der Waals surface area contributed by atoms with Gasteiger partial charge in [0, 0.05) is 0 Å². The van der Waals surface area contributed by atoms with E-state index in [9.17, 15) is 4.79 Å². The molecule has 0 spiro atoms. The Labute approximate surface area is 105 Å².